The van der Waals surface area contributed by atoms with Gasteiger partial charge in [0.2, 0.25) is 0 Å². The number of nitrogens with one attached hydrogen (secondary N) is 1. The van der Waals surface area contributed by atoms with Crippen LogP contribution >= 0.6 is 10.7 Å². The Labute approximate surface area is 84.3 Å². The fourth-order valence-corrected chi connectivity index (χ4v) is 2.22. The van der Waals surface area contributed by atoms with Crippen LogP contribution in [0.5, 0.6) is 0 Å². The lowest BCUT2D eigenvalue weighted by atomic mass is 10.3. The third-order valence-corrected chi connectivity index (χ3v) is 3.11. The number of nitrogen functional groups attached to an aromatic ring is 1. The van der Waals surface area contributed by atoms with Crippen molar-refractivity contribution in [1.29, 1.82) is 0 Å². The van der Waals surface area contributed by atoms with E-state index in [0.29, 0.717) is 5.52 Å². The highest BCUT2D eigenvalue weighted by Gasteiger charge is 2.16. The number of hydrogen-bond donors (Lipinski definition) is 2. The van der Waals surface area contributed by atoms with Gasteiger partial charge in [0.1, 0.15) is 10.4 Å². The summed E-state index contributed by atoms with van der Waals surface area (Å²) in [4.78, 5) is 6.52. The predicted molar refractivity (Wildman–Crippen MR) is 53.5 cm³/mol. The minimum Gasteiger partial charge on any atom is -0.369 e. The van der Waals surface area contributed by atoms with Crippen LogP contribution < -0.4 is 5.73 Å². The van der Waals surface area contributed by atoms with E-state index in [1.165, 1.54) is 6.07 Å². The number of halogens is 1. The number of nitrogens with two attached hydrogens (primary N) is 1. The Kier molecular flexibility index (Phi) is 1.90. The standard InChI is InChI=1S/C7H6ClN3O2S/c8-14(12,13)5-3-1-2-4-6(5)11-7(9)10-4/h1-3H,(H3,9,10,11). The maximum atomic E-state index is 11.1. The molecule has 0 aliphatic rings. The van der Waals surface area contributed by atoms with Crippen molar-refractivity contribution in [3.8, 4) is 0 Å². The molecular weight excluding hydrogens is 226 g/mol. The highest BCUT2D eigenvalue weighted by Crippen LogP contribution is 2.24. The first-order chi connectivity index (χ1) is 6.48. The van der Waals surface area contributed by atoms with E-state index < -0.39 is 9.05 Å². The molecule has 2 rings (SSSR count). The van der Waals surface area contributed by atoms with Crippen LogP contribution in [0, 0.1) is 0 Å². The second kappa shape index (κ2) is 2.86. The maximum absolute atomic E-state index is 11.1. The number of benzene rings is 1. The van der Waals surface area contributed by atoms with Crippen LogP contribution in [0.15, 0.2) is 23.1 Å². The lowest BCUT2D eigenvalue weighted by Gasteiger charge is -1.95. The number of aromatic amines is 1. The summed E-state index contributed by atoms with van der Waals surface area (Å²) in [6.07, 6.45) is 0. The number of rotatable bonds is 1. The topological polar surface area (TPSA) is 88.8 Å². The number of nitrogens with zero attached hydrogens (tertiary/aromatic N) is 1. The molecule has 0 amide bonds. The summed E-state index contributed by atoms with van der Waals surface area (Å²) in [5, 5.41) is 0. The third-order valence-electron chi connectivity index (χ3n) is 1.76. The first-order valence-electron chi connectivity index (χ1n) is 3.67. The lowest BCUT2D eigenvalue weighted by Crippen LogP contribution is -1.91. The summed E-state index contributed by atoms with van der Waals surface area (Å²) in [6, 6.07) is 4.62. The Balaban J connectivity index is 2.90. The van der Waals surface area contributed by atoms with Crippen LogP contribution in [-0.2, 0) is 9.05 Å². The Morgan fingerprint density at radius 1 is 1.43 bits per heavy atom. The van der Waals surface area contributed by atoms with Crippen molar-refractivity contribution in [3.63, 3.8) is 0 Å². The molecule has 0 saturated heterocycles. The van der Waals surface area contributed by atoms with Crippen molar-refractivity contribution < 1.29 is 8.42 Å². The van der Waals surface area contributed by atoms with Gasteiger partial charge in [0.05, 0.1) is 5.52 Å². The Morgan fingerprint density at radius 2 is 2.14 bits per heavy atom. The molecule has 1 aromatic heterocycles. The van der Waals surface area contributed by atoms with Gasteiger partial charge in [0, 0.05) is 10.7 Å². The number of fused-ring (bicyclic) bond motifs is 1. The molecule has 74 valence electrons. The average molecular weight is 232 g/mol. The van der Waals surface area contributed by atoms with E-state index in [9.17, 15) is 8.42 Å². The number of imidazole rings is 1. The van der Waals surface area contributed by atoms with Gasteiger partial charge in [-0.05, 0) is 12.1 Å². The normalized spacial score (nSPS) is 12.1. The van der Waals surface area contributed by atoms with Gasteiger partial charge in [-0.3, -0.25) is 0 Å². The monoisotopic (exact) mass is 231 g/mol. The van der Waals surface area contributed by atoms with E-state index in [4.69, 9.17) is 16.4 Å². The van der Waals surface area contributed by atoms with Crippen molar-refractivity contribution >= 4 is 36.7 Å². The largest absolute Gasteiger partial charge is 0.369 e. The highest BCUT2D eigenvalue weighted by molar-refractivity contribution is 8.14. The fourth-order valence-electron chi connectivity index (χ4n) is 1.22. The van der Waals surface area contributed by atoms with Crippen molar-refractivity contribution in [1.82, 2.24) is 9.97 Å². The summed E-state index contributed by atoms with van der Waals surface area (Å²) >= 11 is 0. The van der Waals surface area contributed by atoms with Gasteiger partial charge >= 0.3 is 0 Å². The molecule has 7 heteroatoms. The van der Waals surface area contributed by atoms with E-state index in [0.717, 1.165) is 0 Å². The molecule has 0 radical (unpaired) electrons. The van der Waals surface area contributed by atoms with Gasteiger partial charge in [-0.25, -0.2) is 13.4 Å². The molecule has 0 fully saturated rings. The van der Waals surface area contributed by atoms with Crippen molar-refractivity contribution in [3.05, 3.63) is 18.2 Å². The molecule has 1 aromatic carbocycles. The van der Waals surface area contributed by atoms with Crippen LogP contribution in [0.1, 0.15) is 0 Å². The van der Waals surface area contributed by atoms with E-state index in [1.54, 1.807) is 12.1 Å². The van der Waals surface area contributed by atoms with Crippen LogP contribution in [0.2, 0.25) is 0 Å². The summed E-state index contributed by atoms with van der Waals surface area (Å²) < 4.78 is 22.3. The van der Waals surface area contributed by atoms with Gasteiger partial charge in [-0.1, -0.05) is 6.07 Å². The van der Waals surface area contributed by atoms with Gasteiger partial charge in [-0.2, -0.15) is 0 Å². The molecule has 1 heterocycles. The summed E-state index contributed by atoms with van der Waals surface area (Å²) in [6.45, 7) is 0. The summed E-state index contributed by atoms with van der Waals surface area (Å²) in [5.41, 5.74) is 6.21. The van der Waals surface area contributed by atoms with Crippen molar-refractivity contribution in [2.45, 2.75) is 4.90 Å². The molecule has 3 N–H and O–H groups in total. The van der Waals surface area contributed by atoms with Crippen LogP contribution in [-0.4, -0.2) is 18.4 Å². The van der Waals surface area contributed by atoms with Gasteiger partial charge in [-0.15, -0.1) is 0 Å². The first kappa shape index (κ1) is 9.29. The highest BCUT2D eigenvalue weighted by atomic mass is 35.7. The van der Waals surface area contributed by atoms with Gasteiger partial charge in [0.25, 0.3) is 9.05 Å². The number of para-hydroxylation sites is 1. The minimum atomic E-state index is -3.78. The van der Waals surface area contributed by atoms with E-state index in [-0.39, 0.29) is 16.4 Å². The molecule has 0 aliphatic heterocycles. The van der Waals surface area contributed by atoms with Crippen LogP contribution in [0.25, 0.3) is 11.0 Å². The Morgan fingerprint density at radius 3 is 2.79 bits per heavy atom. The van der Waals surface area contributed by atoms with E-state index in [2.05, 4.69) is 9.97 Å². The van der Waals surface area contributed by atoms with Crippen molar-refractivity contribution in [2.75, 3.05) is 5.73 Å². The number of aromatic nitrogens is 2. The smallest absolute Gasteiger partial charge is 0.263 e. The zero-order valence-electron chi connectivity index (χ0n) is 6.86. The van der Waals surface area contributed by atoms with Gasteiger partial charge < -0.3 is 10.7 Å². The average Bonchev–Trinajstić information content (AvgIpc) is 2.41. The molecule has 0 spiro atoms. The number of hydrogen-bond acceptors (Lipinski definition) is 4. The van der Waals surface area contributed by atoms with Crippen molar-refractivity contribution in [2.24, 2.45) is 0 Å². The second-order valence-electron chi connectivity index (χ2n) is 2.71. The molecule has 0 unspecified atom stereocenters. The van der Waals surface area contributed by atoms with Crippen LogP contribution in [0.3, 0.4) is 0 Å². The molecule has 2 aromatic rings. The SMILES string of the molecule is Nc1nc2c(S(=O)(=O)Cl)cccc2[nH]1. The second-order valence-corrected chi connectivity index (χ2v) is 5.25. The first-order valence-corrected chi connectivity index (χ1v) is 5.98. The predicted octanol–water partition coefficient (Wildman–Crippen LogP) is 1.07. The molecule has 0 aliphatic carbocycles. The lowest BCUT2D eigenvalue weighted by molar-refractivity contribution is 0.610. The Bertz CT molecular complexity index is 590. The zero-order valence-corrected chi connectivity index (χ0v) is 8.43. The molecule has 0 bridgehead atoms. The summed E-state index contributed by atoms with van der Waals surface area (Å²) in [5.74, 6) is 0.160. The van der Waals surface area contributed by atoms with Crippen LogP contribution in [0.4, 0.5) is 5.95 Å². The molecular formula is C7H6ClN3O2S. The number of H-pyrrole nitrogens is 1. The maximum Gasteiger partial charge on any atom is 0.263 e. The Hall–Kier alpha value is -1.27. The van der Waals surface area contributed by atoms with E-state index in [1.807, 2.05) is 0 Å². The molecule has 0 saturated carbocycles. The van der Waals surface area contributed by atoms with Gasteiger partial charge in [0.15, 0.2) is 5.95 Å². The quantitative estimate of drug-likeness (QED) is 0.719. The minimum absolute atomic E-state index is 0.0374. The van der Waals surface area contributed by atoms with E-state index >= 15 is 0 Å². The fraction of sp³-hybridized carbons (Fsp3) is 0. The summed E-state index contributed by atoms with van der Waals surface area (Å²) in [7, 11) is 1.44. The molecule has 0 atom stereocenters. The molecule has 5 nitrogen and oxygen atoms in total. The zero-order chi connectivity index (χ0) is 10.3. The third kappa shape index (κ3) is 1.42. The molecule has 14 heavy (non-hydrogen) atoms. The number of anilines is 1.